The van der Waals surface area contributed by atoms with E-state index in [0.29, 0.717) is 12.8 Å². The summed E-state index contributed by atoms with van der Waals surface area (Å²) in [7, 11) is 0. The lowest BCUT2D eigenvalue weighted by Gasteiger charge is -2.48. The maximum atomic E-state index is 13.4. The predicted molar refractivity (Wildman–Crippen MR) is 392 cm³/mol. The van der Waals surface area contributed by atoms with Crippen LogP contribution >= 0.6 is 0 Å². The Bertz CT molecular complexity index is 1980. The highest BCUT2D eigenvalue weighted by atomic mass is 16.8. The van der Waals surface area contributed by atoms with Gasteiger partial charge >= 0.3 is 0 Å². The van der Waals surface area contributed by atoms with Gasteiger partial charge in [-0.1, -0.05) is 294 Å². The molecule has 0 bridgehead atoms. The summed E-state index contributed by atoms with van der Waals surface area (Å²) in [5.74, 6) is -0.285. The van der Waals surface area contributed by atoms with E-state index in [1.54, 1.807) is 6.08 Å². The molecule has 3 fully saturated rings. The Morgan fingerprint density at radius 1 is 0.354 bits per heavy atom. The molecule has 99 heavy (non-hydrogen) atoms. The number of aliphatic hydroxyl groups is 11. The maximum Gasteiger partial charge on any atom is 0.220 e. The van der Waals surface area contributed by atoms with E-state index in [1.807, 2.05) is 6.08 Å². The summed E-state index contributed by atoms with van der Waals surface area (Å²) >= 11 is 0. The van der Waals surface area contributed by atoms with Gasteiger partial charge in [-0.2, -0.15) is 0 Å². The van der Waals surface area contributed by atoms with Crippen LogP contribution in [0.4, 0.5) is 0 Å². The van der Waals surface area contributed by atoms with E-state index in [9.17, 15) is 61.0 Å². The van der Waals surface area contributed by atoms with E-state index in [4.69, 9.17) is 28.4 Å². The minimum absolute atomic E-state index is 0.235. The second-order valence-corrected chi connectivity index (χ2v) is 28.9. The predicted octanol–water partition coefficient (Wildman–Crippen LogP) is 13.3. The van der Waals surface area contributed by atoms with Crippen molar-refractivity contribution in [1.82, 2.24) is 5.32 Å². The molecular weight excluding hydrogens is 1260 g/mol. The summed E-state index contributed by atoms with van der Waals surface area (Å²) in [6, 6.07) is -0.996. The first-order chi connectivity index (χ1) is 48.3. The van der Waals surface area contributed by atoms with Gasteiger partial charge in [-0.3, -0.25) is 4.79 Å². The molecule has 0 spiro atoms. The summed E-state index contributed by atoms with van der Waals surface area (Å²) < 4.78 is 34.4. The molecule has 1 amide bonds. The van der Waals surface area contributed by atoms with Gasteiger partial charge in [0.25, 0.3) is 0 Å². The van der Waals surface area contributed by atoms with Crippen LogP contribution in [0.1, 0.15) is 322 Å². The van der Waals surface area contributed by atoms with Crippen LogP contribution in [0, 0.1) is 0 Å². The van der Waals surface area contributed by atoms with Gasteiger partial charge in [0.2, 0.25) is 5.91 Å². The Kier molecular flexibility index (Phi) is 56.0. The molecule has 3 heterocycles. The van der Waals surface area contributed by atoms with E-state index in [-0.39, 0.29) is 18.9 Å². The van der Waals surface area contributed by atoms with Gasteiger partial charge in [0.05, 0.1) is 38.6 Å². The lowest BCUT2D eigenvalue weighted by atomic mass is 9.96. The van der Waals surface area contributed by atoms with Crippen LogP contribution in [0.25, 0.3) is 0 Å². The van der Waals surface area contributed by atoms with Crippen LogP contribution in [0.5, 0.6) is 0 Å². The molecule has 0 radical (unpaired) electrons. The summed E-state index contributed by atoms with van der Waals surface area (Å²) in [6.45, 7) is 1.71. The van der Waals surface area contributed by atoms with Crippen LogP contribution < -0.4 is 5.32 Å². The van der Waals surface area contributed by atoms with E-state index in [1.165, 1.54) is 244 Å². The standard InChI is InChI=1S/C80H147NO18/c1-3-5-7-9-11-13-15-17-19-20-21-22-23-24-25-26-27-28-29-30-31-32-33-34-35-36-37-38-39-40-41-42-44-46-48-50-52-54-56-58-68(86)81-63(64(85)57-55-53-51-49-47-45-43-18-16-14-12-10-8-6-4-2)62-94-78-74(92)71(89)76(66(60-83)96-78)99-80-75(93)72(90)77(67(61-84)97-80)98-79-73(91)70(88)69(87)65(59-82)95-79/h16,18,20-21,47,49,55,57,63-67,69-80,82-85,87-93H,3-15,17,19,22-46,48,50-54,56,58-62H2,1-2H3,(H,81,86)/b18-16+,21-20-,49-47+,57-55+. The smallest absolute Gasteiger partial charge is 0.220 e. The lowest BCUT2D eigenvalue weighted by molar-refractivity contribution is -0.379. The van der Waals surface area contributed by atoms with Crippen molar-refractivity contribution >= 4 is 5.91 Å². The third-order valence-corrected chi connectivity index (χ3v) is 20.1. The number of hydrogen-bond acceptors (Lipinski definition) is 18. The first-order valence-electron chi connectivity index (χ1n) is 40.4. The van der Waals surface area contributed by atoms with Gasteiger partial charge in [-0.25, -0.2) is 0 Å². The molecule has 0 aliphatic carbocycles. The Morgan fingerprint density at radius 3 is 1.01 bits per heavy atom. The molecule has 580 valence electrons. The molecule has 3 rings (SSSR count). The highest BCUT2D eigenvalue weighted by Gasteiger charge is 2.54. The van der Waals surface area contributed by atoms with Crippen molar-refractivity contribution in [3.05, 3.63) is 48.6 Å². The first-order valence-corrected chi connectivity index (χ1v) is 40.4. The maximum absolute atomic E-state index is 13.4. The van der Waals surface area contributed by atoms with E-state index < -0.39 is 124 Å². The Morgan fingerprint density at radius 2 is 0.646 bits per heavy atom. The molecule has 17 unspecified atom stereocenters. The lowest BCUT2D eigenvalue weighted by Crippen LogP contribution is -2.66. The van der Waals surface area contributed by atoms with Crippen LogP contribution in [0.3, 0.4) is 0 Å². The first kappa shape index (κ1) is 91.0. The Hall–Kier alpha value is -2.25. The molecular formula is C80H147NO18. The minimum atomic E-state index is -1.98. The van der Waals surface area contributed by atoms with Crippen molar-refractivity contribution < 1.29 is 89.4 Å². The van der Waals surface area contributed by atoms with Crippen LogP contribution in [0.15, 0.2) is 48.6 Å². The fourth-order valence-electron chi connectivity index (χ4n) is 13.6. The molecule has 0 aromatic heterocycles. The quantitative estimate of drug-likeness (QED) is 0.0199. The van der Waals surface area contributed by atoms with E-state index in [0.717, 1.165) is 44.9 Å². The number of hydrogen-bond donors (Lipinski definition) is 12. The average Bonchev–Trinajstić information content (AvgIpc) is 0.784. The van der Waals surface area contributed by atoms with Crippen molar-refractivity contribution in [3.63, 3.8) is 0 Å². The van der Waals surface area contributed by atoms with E-state index >= 15 is 0 Å². The van der Waals surface area contributed by atoms with Gasteiger partial charge in [0.1, 0.15) is 73.2 Å². The van der Waals surface area contributed by atoms with E-state index in [2.05, 4.69) is 55.6 Å². The molecule has 12 N–H and O–H groups in total. The van der Waals surface area contributed by atoms with Gasteiger partial charge in [0, 0.05) is 6.42 Å². The molecule has 19 heteroatoms. The minimum Gasteiger partial charge on any atom is -0.394 e. The number of rotatable bonds is 64. The number of nitrogens with one attached hydrogen (secondary N) is 1. The molecule has 17 atom stereocenters. The highest BCUT2D eigenvalue weighted by molar-refractivity contribution is 5.76. The normalized spacial score (nSPS) is 26.8. The van der Waals surface area contributed by atoms with Crippen LogP contribution in [0.2, 0.25) is 0 Å². The van der Waals surface area contributed by atoms with Crippen molar-refractivity contribution in [2.24, 2.45) is 0 Å². The molecule has 19 nitrogen and oxygen atoms in total. The molecule has 0 saturated carbocycles. The molecule has 0 aromatic rings. The second-order valence-electron chi connectivity index (χ2n) is 28.9. The molecule has 0 aromatic carbocycles. The van der Waals surface area contributed by atoms with Crippen molar-refractivity contribution in [3.8, 4) is 0 Å². The highest BCUT2D eigenvalue weighted by Crippen LogP contribution is 2.33. The second kappa shape index (κ2) is 61.0. The third-order valence-electron chi connectivity index (χ3n) is 20.1. The monoisotopic (exact) mass is 1410 g/mol. The SMILES string of the molecule is CCCCCCC/C=C/CC/C=C/CC/C=C/C(O)C(COC1OC(CO)C(OC2OC(CO)C(OC3OC(CO)C(O)C(O)C3O)C(O)C2O)C(O)C1O)NC(=O)CCCCCCCCCCCCCCCCCCCCCCCCCCCCC/C=C\CCCCCCCCCC. The van der Waals surface area contributed by atoms with Gasteiger partial charge in [-0.15, -0.1) is 0 Å². The molecule has 3 aliphatic heterocycles. The zero-order valence-corrected chi connectivity index (χ0v) is 62.0. The number of allylic oxidation sites excluding steroid dienone is 7. The fraction of sp³-hybridized carbons (Fsp3) is 0.887. The number of carbonyl (C=O) groups is 1. The number of unbranched alkanes of at least 4 members (excludes halogenated alkanes) is 42. The number of ether oxygens (including phenoxy) is 6. The summed E-state index contributed by atoms with van der Waals surface area (Å²) in [6.07, 6.45) is 50.0. The van der Waals surface area contributed by atoms with Crippen molar-refractivity contribution in [1.29, 1.82) is 0 Å². The molecule has 3 saturated heterocycles. The number of carbonyl (C=O) groups excluding carboxylic acids is 1. The Balaban J connectivity index is 1.29. The van der Waals surface area contributed by atoms with Gasteiger partial charge in [0.15, 0.2) is 18.9 Å². The summed E-state index contributed by atoms with van der Waals surface area (Å²) in [5.41, 5.74) is 0. The van der Waals surface area contributed by atoms with Crippen LogP contribution in [-0.2, 0) is 33.2 Å². The van der Waals surface area contributed by atoms with Crippen LogP contribution in [-0.4, -0.2) is 193 Å². The van der Waals surface area contributed by atoms with Gasteiger partial charge in [-0.05, 0) is 70.6 Å². The molecule has 3 aliphatic rings. The van der Waals surface area contributed by atoms with Crippen molar-refractivity contribution in [2.75, 3.05) is 26.4 Å². The zero-order chi connectivity index (χ0) is 71.8. The zero-order valence-electron chi connectivity index (χ0n) is 62.0. The fourth-order valence-corrected chi connectivity index (χ4v) is 13.6. The average molecular weight is 1410 g/mol. The van der Waals surface area contributed by atoms with Crippen molar-refractivity contribution in [2.45, 2.75) is 426 Å². The summed E-state index contributed by atoms with van der Waals surface area (Å²) in [4.78, 5) is 13.4. The summed E-state index contributed by atoms with van der Waals surface area (Å²) in [5, 5.41) is 121. The number of aliphatic hydroxyl groups excluding tert-OH is 11. The topological polar surface area (TPSA) is 307 Å². The number of amides is 1. The third kappa shape index (κ3) is 41.3. The Labute approximate surface area is 599 Å². The largest absolute Gasteiger partial charge is 0.394 e. The van der Waals surface area contributed by atoms with Gasteiger partial charge < -0.3 is 89.9 Å².